The van der Waals surface area contributed by atoms with Crippen molar-refractivity contribution in [3.8, 4) is 0 Å². The van der Waals surface area contributed by atoms with Crippen molar-refractivity contribution in [2.75, 3.05) is 25.4 Å². The molecule has 0 saturated carbocycles. The van der Waals surface area contributed by atoms with E-state index in [9.17, 15) is 9.59 Å². The van der Waals surface area contributed by atoms with Crippen LogP contribution in [0.15, 0.2) is 29.2 Å². The van der Waals surface area contributed by atoms with Crippen LogP contribution in [0.4, 0.5) is 0 Å². The van der Waals surface area contributed by atoms with E-state index in [1.54, 1.807) is 11.8 Å². The van der Waals surface area contributed by atoms with Crippen LogP contribution in [0.5, 0.6) is 0 Å². The van der Waals surface area contributed by atoms with Crippen molar-refractivity contribution in [1.82, 2.24) is 10.2 Å². The van der Waals surface area contributed by atoms with Gasteiger partial charge >= 0.3 is 0 Å². The lowest BCUT2D eigenvalue weighted by Crippen LogP contribution is -2.47. The first-order valence-electron chi connectivity index (χ1n) is 9.97. The Kier molecular flexibility index (Phi) is 7.19. The molecule has 148 valence electrons. The van der Waals surface area contributed by atoms with Gasteiger partial charge in [0.05, 0.1) is 11.7 Å². The molecule has 0 radical (unpaired) electrons. The molecule has 27 heavy (non-hydrogen) atoms. The quantitative estimate of drug-likeness (QED) is 0.757. The molecule has 1 unspecified atom stereocenters. The van der Waals surface area contributed by atoms with Crippen molar-refractivity contribution in [3.63, 3.8) is 0 Å². The van der Waals surface area contributed by atoms with Crippen molar-refractivity contribution in [3.05, 3.63) is 29.8 Å². The first-order valence-corrected chi connectivity index (χ1v) is 11.0. The molecule has 2 fully saturated rings. The van der Waals surface area contributed by atoms with E-state index in [0.717, 1.165) is 61.6 Å². The van der Waals surface area contributed by atoms with Gasteiger partial charge in [-0.1, -0.05) is 26.0 Å². The van der Waals surface area contributed by atoms with Gasteiger partial charge in [0, 0.05) is 42.3 Å². The van der Waals surface area contributed by atoms with Gasteiger partial charge in [0.15, 0.2) is 0 Å². The zero-order valence-electron chi connectivity index (χ0n) is 16.3. The molecule has 1 aromatic carbocycles. The molecular formula is C21H30N2O3S. The van der Waals surface area contributed by atoms with Crippen LogP contribution in [0, 0.1) is 5.92 Å². The molecule has 1 N–H and O–H groups in total. The lowest BCUT2D eigenvalue weighted by molar-refractivity contribution is -0.135. The van der Waals surface area contributed by atoms with Crippen LogP contribution in [-0.4, -0.2) is 54.3 Å². The van der Waals surface area contributed by atoms with Crippen molar-refractivity contribution in [2.24, 2.45) is 5.92 Å². The number of likely N-dealkylation sites (tertiary alicyclic amines) is 1. The predicted octanol–water partition coefficient (Wildman–Crippen LogP) is 3.33. The minimum atomic E-state index is -0.0147. The molecule has 2 aliphatic heterocycles. The van der Waals surface area contributed by atoms with E-state index in [1.165, 1.54) is 0 Å². The molecule has 2 amide bonds. The third-order valence-electron chi connectivity index (χ3n) is 5.22. The molecular weight excluding hydrogens is 360 g/mol. The Morgan fingerprint density at radius 3 is 2.63 bits per heavy atom. The van der Waals surface area contributed by atoms with Gasteiger partial charge in [-0.3, -0.25) is 9.59 Å². The summed E-state index contributed by atoms with van der Waals surface area (Å²) in [5.74, 6) is 1.11. The largest absolute Gasteiger partial charge is 0.377 e. The molecule has 1 atom stereocenters. The summed E-state index contributed by atoms with van der Waals surface area (Å²) in [4.78, 5) is 27.8. The molecule has 0 aliphatic carbocycles. The number of rotatable bonds is 6. The summed E-state index contributed by atoms with van der Waals surface area (Å²) in [6, 6.07) is 7.92. The third-order valence-corrected chi connectivity index (χ3v) is 6.42. The molecule has 2 aliphatic rings. The summed E-state index contributed by atoms with van der Waals surface area (Å²) in [7, 11) is 0. The fourth-order valence-electron chi connectivity index (χ4n) is 3.61. The highest BCUT2D eigenvalue weighted by atomic mass is 32.2. The van der Waals surface area contributed by atoms with E-state index >= 15 is 0 Å². The van der Waals surface area contributed by atoms with Gasteiger partial charge in [-0.25, -0.2) is 0 Å². The number of carbonyl (C=O) groups is 2. The number of carbonyl (C=O) groups excluding carboxylic acids is 2. The number of piperidine rings is 1. The highest BCUT2D eigenvalue weighted by Crippen LogP contribution is 2.27. The van der Waals surface area contributed by atoms with Gasteiger partial charge in [0.1, 0.15) is 0 Å². The lowest BCUT2D eigenvalue weighted by Gasteiger charge is -2.33. The molecule has 2 saturated heterocycles. The number of benzene rings is 1. The lowest BCUT2D eigenvalue weighted by atomic mass is 10.0. The standard InChI is InChI=1S/C21H30N2O3S/c1-15(2)21(25)23-11-9-16(10-12-23)22-20(24)18-7-3-4-8-19(18)27-14-17-6-5-13-26-17/h3-4,7-8,15-17H,5-6,9-14H2,1-2H3,(H,22,24). The Morgan fingerprint density at radius 2 is 1.96 bits per heavy atom. The van der Waals surface area contributed by atoms with Gasteiger partial charge in [0.2, 0.25) is 5.91 Å². The third kappa shape index (κ3) is 5.48. The number of ether oxygens (including phenoxy) is 1. The summed E-state index contributed by atoms with van der Waals surface area (Å²) in [5, 5.41) is 3.17. The van der Waals surface area contributed by atoms with Gasteiger partial charge in [0.25, 0.3) is 5.91 Å². The SMILES string of the molecule is CC(C)C(=O)N1CCC(NC(=O)c2ccccc2SCC2CCCO2)CC1. The summed E-state index contributed by atoms with van der Waals surface area (Å²) in [6.45, 7) is 6.16. The molecule has 2 heterocycles. The maximum Gasteiger partial charge on any atom is 0.252 e. The average Bonchev–Trinajstić information content (AvgIpc) is 3.20. The van der Waals surface area contributed by atoms with Gasteiger partial charge in [-0.15, -0.1) is 11.8 Å². The Bertz CT molecular complexity index is 651. The number of amides is 2. The fourth-order valence-corrected chi connectivity index (χ4v) is 4.73. The highest BCUT2D eigenvalue weighted by molar-refractivity contribution is 7.99. The van der Waals surface area contributed by atoms with E-state index < -0.39 is 0 Å². The van der Waals surface area contributed by atoms with Crippen LogP contribution in [0.1, 0.15) is 49.9 Å². The number of thioether (sulfide) groups is 1. The minimum Gasteiger partial charge on any atom is -0.377 e. The minimum absolute atomic E-state index is 0.0147. The van der Waals surface area contributed by atoms with E-state index in [1.807, 2.05) is 43.0 Å². The zero-order chi connectivity index (χ0) is 19.2. The van der Waals surface area contributed by atoms with E-state index in [4.69, 9.17) is 4.74 Å². The molecule has 5 nitrogen and oxygen atoms in total. The van der Waals surface area contributed by atoms with E-state index in [2.05, 4.69) is 5.32 Å². The smallest absolute Gasteiger partial charge is 0.252 e. The predicted molar refractivity (Wildman–Crippen MR) is 108 cm³/mol. The number of hydrogen-bond donors (Lipinski definition) is 1. The Labute approximate surface area is 166 Å². The summed E-state index contributed by atoms with van der Waals surface area (Å²) in [5.41, 5.74) is 0.737. The second kappa shape index (κ2) is 9.60. The van der Waals surface area contributed by atoms with Crippen LogP contribution < -0.4 is 5.32 Å². The Hall–Kier alpha value is -1.53. The van der Waals surface area contributed by atoms with Crippen LogP contribution >= 0.6 is 11.8 Å². The monoisotopic (exact) mass is 390 g/mol. The first-order chi connectivity index (χ1) is 13.0. The zero-order valence-corrected chi connectivity index (χ0v) is 17.1. The van der Waals surface area contributed by atoms with Crippen molar-refractivity contribution in [1.29, 1.82) is 0 Å². The fraction of sp³-hybridized carbons (Fsp3) is 0.619. The molecule has 0 spiro atoms. The first kappa shape index (κ1) is 20.2. The van der Waals surface area contributed by atoms with Gasteiger partial charge in [-0.05, 0) is 37.8 Å². The molecule has 1 aromatic rings. The maximum absolute atomic E-state index is 12.8. The molecule has 6 heteroatoms. The van der Waals surface area contributed by atoms with Crippen LogP contribution in [0.3, 0.4) is 0 Å². The topological polar surface area (TPSA) is 58.6 Å². The summed E-state index contributed by atoms with van der Waals surface area (Å²) >= 11 is 1.70. The molecule has 0 bridgehead atoms. The van der Waals surface area contributed by atoms with Crippen molar-refractivity contribution in [2.45, 2.75) is 56.6 Å². The highest BCUT2D eigenvalue weighted by Gasteiger charge is 2.26. The van der Waals surface area contributed by atoms with Gasteiger partial charge < -0.3 is 15.0 Å². The molecule has 0 aromatic heterocycles. The average molecular weight is 391 g/mol. The number of nitrogens with zero attached hydrogens (tertiary/aromatic N) is 1. The normalized spacial score (nSPS) is 20.9. The van der Waals surface area contributed by atoms with Gasteiger partial charge in [-0.2, -0.15) is 0 Å². The van der Waals surface area contributed by atoms with Crippen LogP contribution in [0.25, 0.3) is 0 Å². The Morgan fingerprint density at radius 1 is 1.22 bits per heavy atom. The number of hydrogen-bond acceptors (Lipinski definition) is 4. The summed E-state index contributed by atoms with van der Waals surface area (Å²) < 4.78 is 5.69. The van der Waals surface area contributed by atoms with Crippen molar-refractivity contribution < 1.29 is 14.3 Å². The van der Waals surface area contributed by atoms with Crippen molar-refractivity contribution >= 4 is 23.6 Å². The van der Waals surface area contributed by atoms with Crippen LogP contribution in [-0.2, 0) is 9.53 Å². The number of nitrogens with one attached hydrogen (secondary N) is 1. The summed E-state index contributed by atoms with van der Waals surface area (Å²) in [6.07, 6.45) is 4.17. The second-order valence-electron chi connectivity index (χ2n) is 7.67. The van der Waals surface area contributed by atoms with Crippen LogP contribution in [0.2, 0.25) is 0 Å². The molecule has 3 rings (SSSR count). The van der Waals surface area contributed by atoms with E-state index in [-0.39, 0.29) is 23.8 Å². The van der Waals surface area contributed by atoms with E-state index in [0.29, 0.717) is 6.10 Å². The second-order valence-corrected chi connectivity index (χ2v) is 8.73. The Balaban J connectivity index is 1.53. The maximum atomic E-state index is 12.8.